The van der Waals surface area contributed by atoms with E-state index in [1.807, 2.05) is 10.8 Å². The summed E-state index contributed by atoms with van der Waals surface area (Å²) in [6, 6.07) is 0. The van der Waals surface area contributed by atoms with Crippen LogP contribution < -0.4 is 0 Å². The van der Waals surface area contributed by atoms with Crippen molar-refractivity contribution < 1.29 is 4.74 Å². The zero-order chi connectivity index (χ0) is 8.23. The summed E-state index contributed by atoms with van der Waals surface area (Å²) in [4.78, 5) is 2.57. The van der Waals surface area contributed by atoms with Crippen molar-refractivity contribution in [1.29, 1.82) is 0 Å². The van der Waals surface area contributed by atoms with Crippen LogP contribution in [0.15, 0.2) is 0 Å². The third kappa shape index (κ3) is 2.31. The van der Waals surface area contributed by atoms with Gasteiger partial charge in [0.25, 0.3) is 0 Å². The highest BCUT2D eigenvalue weighted by molar-refractivity contribution is 8.77. The van der Waals surface area contributed by atoms with Crippen LogP contribution in [-0.2, 0) is 4.74 Å². The molecule has 0 N–H and O–H groups in total. The molecule has 0 spiro atoms. The molecule has 0 aromatic rings. The fourth-order valence-electron chi connectivity index (χ4n) is 1.60. The van der Waals surface area contributed by atoms with Gasteiger partial charge in [-0.25, -0.2) is 0 Å². The maximum absolute atomic E-state index is 5.33. The number of hydrogen-bond donors (Lipinski definition) is 0. The minimum Gasteiger partial charge on any atom is -0.379 e. The molecular formula is C8H15NOS2. The second kappa shape index (κ2) is 4.74. The lowest BCUT2D eigenvalue weighted by atomic mass is 10.3. The number of morpholine rings is 1. The van der Waals surface area contributed by atoms with Crippen molar-refractivity contribution >= 4 is 21.6 Å². The van der Waals surface area contributed by atoms with E-state index in [0.717, 1.165) is 31.7 Å². The number of hydrogen-bond acceptors (Lipinski definition) is 4. The van der Waals surface area contributed by atoms with E-state index < -0.39 is 0 Å². The smallest absolute Gasteiger partial charge is 0.0663 e. The number of ether oxygens (including phenoxy) is 1. The molecule has 0 aromatic carbocycles. The SMILES string of the molecule is C1CSSC(N2CCOCC2)C1. The molecule has 2 aliphatic rings. The molecule has 0 aliphatic carbocycles. The van der Waals surface area contributed by atoms with E-state index in [4.69, 9.17) is 4.74 Å². The molecule has 4 heteroatoms. The Morgan fingerprint density at radius 2 is 2.08 bits per heavy atom. The lowest BCUT2D eigenvalue weighted by Gasteiger charge is -2.35. The van der Waals surface area contributed by atoms with Crippen molar-refractivity contribution in [2.24, 2.45) is 0 Å². The Labute approximate surface area is 81.8 Å². The highest BCUT2D eigenvalue weighted by atomic mass is 33.1. The van der Waals surface area contributed by atoms with Crippen LogP contribution in [0.1, 0.15) is 12.8 Å². The number of rotatable bonds is 1. The topological polar surface area (TPSA) is 12.5 Å². The van der Waals surface area contributed by atoms with E-state index in [1.54, 1.807) is 0 Å². The van der Waals surface area contributed by atoms with Crippen LogP contribution in [0.2, 0.25) is 0 Å². The van der Waals surface area contributed by atoms with E-state index in [-0.39, 0.29) is 0 Å². The van der Waals surface area contributed by atoms with Gasteiger partial charge in [-0.2, -0.15) is 0 Å². The Balaban J connectivity index is 1.80. The van der Waals surface area contributed by atoms with Crippen molar-refractivity contribution in [2.45, 2.75) is 18.2 Å². The Bertz CT molecular complexity index is 117. The van der Waals surface area contributed by atoms with E-state index in [0.29, 0.717) is 0 Å². The predicted octanol–water partition coefficient (Wildman–Crippen LogP) is 1.82. The zero-order valence-corrected chi connectivity index (χ0v) is 8.83. The van der Waals surface area contributed by atoms with Crippen LogP contribution in [0.5, 0.6) is 0 Å². The molecule has 2 saturated heterocycles. The van der Waals surface area contributed by atoms with Crippen molar-refractivity contribution in [3.05, 3.63) is 0 Å². The maximum atomic E-state index is 5.33. The second-order valence-corrected chi connectivity index (χ2v) is 5.83. The van der Waals surface area contributed by atoms with Crippen molar-refractivity contribution in [1.82, 2.24) is 4.90 Å². The molecule has 2 fully saturated rings. The van der Waals surface area contributed by atoms with E-state index in [1.165, 1.54) is 18.6 Å². The van der Waals surface area contributed by atoms with Gasteiger partial charge < -0.3 is 4.74 Å². The van der Waals surface area contributed by atoms with E-state index in [9.17, 15) is 0 Å². The molecule has 2 aliphatic heterocycles. The summed E-state index contributed by atoms with van der Waals surface area (Å²) in [7, 11) is 4.09. The Morgan fingerprint density at radius 1 is 1.25 bits per heavy atom. The van der Waals surface area contributed by atoms with Crippen LogP contribution in [0.4, 0.5) is 0 Å². The van der Waals surface area contributed by atoms with E-state index in [2.05, 4.69) is 15.7 Å². The van der Waals surface area contributed by atoms with E-state index >= 15 is 0 Å². The first-order valence-corrected chi connectivity index (χ1v) is 6.95. The van der Waals surface area contributed by atoms with Gasteiger partial charge in [0.05, 0.1) is 18.6 Å². The van der Waals surface area contributed by atoms with Gasteiger partial charge in [-0.1, -0.05) is 21.6 Å². The molecule has 0 aromatic heterocycles. The molecule has 0 bridgehead atoms. The summed E-state index contributed by atoms with van der Waals surface area (Å²) >= 11 is 0. The van der Waals surface area contributed by atoms with Gasteiger partial charge in [0.1, 0.15) is 0 Å². The lowest BCUT2D eigenvalue weighted by Crippen LogP contribution is -2.42. The molecule has 0 saturated carbocycles. The van der Waals surface area contributed by atoms with Crippen LogP contribution in [0.3, 0.4) is 0 Å². The van der Waals surface area contributed by atoms with Gasteiger partial charge in [0, 0.05) is 18.8 Å². The summed E-state index contributed by atoms with van der Waals surface area (Å²) in [5.41, 5.74) is 0. The monoisotopic (exact) mass is 205 g/mol. The average molecular weight is 205 g/mol. The van der Waals surface area contributed by atoms with Crippen LogP contribution in [-0.4, -0.2) is 42.3 Å². The molecule has 2 nitrogen and oxygen atoms in total. The summed E-state index contributed by atoms with van der Waals surface area (Å²) < 4.78 is 5.33. The molecule has 0 radical (unpaired) electrons. The van der Waals surface area contributed by atoms with Gasteiger partial charge in [0.2, 0.25) is 0 Å². The molecule has 2 heterocycles. The number of nitrogens with zero attached hydrogens (tertiary/aromatic N) is 1. The molecule has 12 heavy (non-hydrogen) atoms. The zero-order valence-electron chi connectivity index (χ0n) is 7.20. The third-order valence-corrected chi connectivity index (χ3v) is 5.23. The average Bonchev–Trinajstić information content (AvgIpc) is 2.21. The molecule has 1 atom stereocenters. The van der Waals surface area contributed by atoms with Gasteiger partial charge in [-0.3, -0.25) is 4.90 Å². The second-order valence-electron chi connectivity index (χ2n) is 3.16. The Hall–Kier alpha value is 0.620. The van der Waals surface area contributed by atoms with Crippen LogP contribution in [0, 0.1) is 0 Å². The quantitative estimate of drug-likeness (QED) is 0.605. The highest BCUT2D eigenvalue weighted by Gasteiger charge is 2.23. The normalized spacial score (nSPS) is 33.5. The molecule has 70 valence electrons. The largest absolute Gasteiger partial charge is 0.379 e. The molecule has 2 rings (SSSR count). The van der Waals surface area contributed by atoms with Crippen molar-refractivity contribution in [3.63, 3.8) is 0 Å². The van der Waals surface area contributed by atoms with Gasteiger partial charge >= 0.3 is 0 Å². The minimum absolute atomic E-state index is 0.771. The molecule has 1 unspecified atom stereocenters. The minimum atomic E-state index is 0.771. The highest BCUT2D eigenvalue weighted by Crippen LogP contribution is 2.37. The lowest BCUT2D eigenvalue weighted by molar-refractivity contribution is 0.0315. The summed E-state index contributed by atoms with van der Waals surface area (Å²) in [6.45, 7) is 4.14. The van der Waals surface area contributed by atoms with Gasteiger partial charge in [-0.15, -0.1) is 0 Å². The molecule has 0 amide bonds. The first-order chi connectivity index (χ1) is 5.97. The van der Waals surface area contributed by atoms with Crippen molar-refractivity contribution in [3.8, 4) is 0 Å². The van der Waals surface area contributed by atoms with Crippen LogP contribution in [0.25, 0.3) is 0 Å². The summed E-state index contributed by atoms with van der Waals surface area (Å²) in [5.74, 6) is 1.34. The Kier molecular flexibility index (Phi) is 3.63. The molecular weight excluding hydrogens is 190 g/mol. The standard InChI is InChI=1S/C8H15NOS2/c1-2-8(12-11-7-1)9-3-5-10-6-4-9/h8H,1-7H2. The predicted molar refractivity (Wildman–Crippen MR) is 55.5 cm³/mol. The summed E-state index contributed by atoms with van der Waals surface area (Å²) in [5, 5.41) is 0.771. The van der Waals surface area contributed by atoms with Gasteiger partial charge in [-0.05, 0) is 12.8 Å². The first kappa shape index (κ1) is 9.19. The fraction of sp³-hybridized carbons (Fsp3) is 1.00. The van der Waals surface area contributed by atoms with Crippen LogP contribution >= 0.6 is 21.6 Å². The van der Waals surface area contributed by atoms with Crippen molar-refractivity contribution in [2.75, 3.05) is 32.1 Å². The first-order valence-electron chi connectivity index (χ1n) is 4.57. The van der Waals surface area contributed by atoms with Gasteiger partial charge in [0.15, 0.2) is 0 Å². The summed E-state index contributed by atoms with van der Waals surface area (Å²) in [6.07, 6.45) is 2.76. The Morgan fingerprint density at radius 3 is 2.75 bits per heavy atom. The maximum Gasteiger partial charge on any atom is 0.0663 e. The third-order valence-electron chi connectivity index (χ3n) is 2.31. The fourth-order valence-corrected chi connectivity index (χ4v) is 4.50.